The summed E-state index contributed by atoms with van der Waals surface area (Å²) in [6.45, 7) is 0. The fourth-order valence-corrected chi connectivity index (χ4v) is 5.26. The molecule has 0 spiro atoms. The molecule has 0 fully saturated rings. The van der Waals surface area contributed by atoms with Crippen molar-refractivity contribution in [1.82, 2.24) is 0 Å². The molecular weight excluding hydrogens is 380 g/mol. The molecule has 1 heterocycles. The van der Waals surface area contributed by atoms with Gasteiger partial charge in [0.15, 0.2) is 0 Å². The summed E-state index contributed by atoms with van der Waals surface area (Å²) in [5.74, 6) is -0.646. The van der Waals surface area contributed by atoms with Gasteiger partial charge >= 0.3 is 0 Å². The van der Waals surface area contributed by atoms with Crippen molar-refractivity contribution < 1.29 is 9.59 Å². The van der Waals surface area contributed by atoms with Crippen LogP contribution in [0.3, 0.4) is 0 Å². The Kier molecular flexibility index (Phi) is 5.76. The average Bonchev–Trinajstić information content (AvgIpc) is 3.11. The lowest BCUT2D eigenvalue weighted by atomic mass is 9.95. The van der Waals surface area contributed by atoms with Crippen LogP contribution < -0.4 is 11.1 Å². The van der Waals surface area contributed by atoms with Gasteiger partial charge < -0.3 is 11.1 Å². The molecular formula is C24H24N2O2S. The highest BCUT2D eigenvalue weighted by molar-refractivity contribution is 7.17. The van der Waals surface area contributed by atoms with Crippen LogP contribution in [-0.2, 0) is 25.7 Å². The van der Waals surface area contributed by atoms with E-state index in [2.05, 4.69) is 17.4 Å². The highest BCUT2D eigenvalue weighted by Gasteiger charge is 2.25. The van der Waals surface area contributed by atoms with Crippen LogP contribution in [0.4, 0.5) is 5.00 Å². The Labute approximate surface area is 174 Å². The first-order valence-electron chi connectivity index (χ1n) is 10.0. The molecule has 0 radical (unpaired) electrons. The molecule has 0 bridgehead atoms. The van der Waals surface area contributed by atoms with E-state index in [4.69, 9.17) is 5.73 Å². The van der Waals surface area contributed by atoms with E-state index < -0.39 is 5.91 Å². The van der Waals surface area contributed by atoms with Crippen molar-refractivity contribution in [3.63, 3.8) is 0 Å². The Morgan fingerprint density at radius 2 is 1.66 bits per heavy atom. The zero-order valence-electron chi connectivity index (χ0n) is 16.2. The van der Waals surface area contributed by atoms with Gasteiger partial charge in [-0.05, 0) is 61.3 Å². The first kappa shape index (κ1) is 19.4. The molecule has 148 valence electrons. The summed E-state index contributed by atoms with van der Waals surface area (Å²) in [6.07, 6.45) is 5.61. The average molecular weight is 405 g/mol. The highest BCUT2D eigenvalue weighted by Crippen LogP contribution is 2.38. The third-order valence-corrected chi connectivity index (χ3v) is 6.64. The Morgan fingerprint density at radius 1 is 0.931 bits per heavy atom. The zero-order valence-corrected chi connectivity index (χ0v) is 17.1. The van der Waals surface area contributed by atoms with Gasteiger partial charge in [-0.15, -0.1) is 11.3 Å². The third-order valence-electron chi connectivity index (χ3n) is 5.43. The number of thiophene rings is 1. The maximum atomic E-state index is 13.1. The highest BCUT2D eigenvalue weighted by atomic mass is 32.1. The molecule has 0 saturated carbocycles. The summed E-state index contributed by atoms with van der Waals surface area (Å²) in [6, 6.07) is 17.9. The molecule has 3 N–H and O–H groups in total. The minimum absolute atomic E-state index is 0.185. The predicted molar refractivity (Wildman–Crippen MR) is 118 cm³/mol. The summed E-state index contributed by atoms with van der Waals surface area (Å²) >= 11 is 1.50. The number of hydrogen-bond donors (Lipinski definition) is 2. The normalized spacial score (nSPS) is 13.0. The molecule has 4 nitrogen and oxygen atoms in total. The summed E-state index contributed by atoms with van der Waals surface area (Å²) in [7, 11) is 0. The third kappa shape index (κ3) is 4.25. The zero-order chi connectivity index (χ0) is 20.2. The minimum Gasteiger partial charge on any atom is -0.365 e. The number of nitrogens with one attached hydrogen (secondary N) is 1. The number of aryl methyl sites for hydroxylation is 3. The number of benzene rings is 2. The molecule has 0 atom stereocenters. The van der Waals surface area contributed by atoms with Gasteiger partial charge in [-0.25, -0.2) is 0 Å². The molecule has 3 aromatic rings. The lowest BCUT2D eigenvalue weighted by molar-refractivity contribution is 0.100. The number of hydrogen-bond acceptors (Lipinski definition) is 3. The van der Waals surface area contributed by atoms with Crippen molar-refractivity contribution in [2.45, 2.75) is 38.5 Å². The van der Waals surface area contributed by atoms with Gasteiger partial charge in [0.1, 0.15) is 5.00 Å². The van der Waals surface area contributed by atoms with E-state index in [1.165, 1.54) is 21.8 Å². The number of primary amides is 1. The van der Waals surface area contributed by atoms with Crippen LogP contribution in [0.15, 0.2) is 54.6 Å². The van der Waals surface area contributed by atoms with Crippen molar-refractivity contribution in [1.29, 1.82) is 0 Å². The second kappa shape index (κ2) is 8.62. The maximum Gasteiger partial charge on any atom is 0.256 e. The number of anilines is 1. The predicted octanol–water partition coefficient (Wildman–Crippen LogP) is 4.76. The van der Waals surface area contributed by atoms with Crippen molar-refractivity contribution in [2.24, 2.45) is 5.73 Å². The summed E-state index contributed by atoms with van der Waals surface area (Å²) in [4.78, 5) is 26.3. The van der Waals surface area contributed by atoms with E-state index >= 15 is 0 Å². The van der Waals surface area contributed by atoms with Crippen LogP contribution in [0.2, 0.25) is 0 Å². The minimum atomic E-state index is -0.461. The summed E-state index contributed by atoms with van der Waals surface area (Å²) in [5, 5.41) is 3.57. The molecule has 29 heavy (non-hydrogen) atoms. The fraction of sp³-hybridized carbons (Fsp3) is 0.250. The molecule has 4 rings (SSSR count). The summed E-state index contributed by atoms with van der Waals surface area (Å²) in [5.41, 5.74) is 10.1. The fourth-order valence-electron chi connectivity index (χ4n) is 3.97. The Morgan fingerprint density at radius 3 is 2.45 bits per heavy atom. The van der Waals surface area contributed by atoms with E-state index in [-0.39, 0.29) is 5.91 Å². The smallest absolute Gasteiger partial charge is 0.256 e. The van der Waals surface area contributed by atoms with E-state index in [1.807, 2.05) is 42.5 Å². The lowest BCUT2D eigenvalue weighted by Gasteiger charge is -2.12. The molecule has 1 aliphatic carbocycles. The van der Waals surface area contributed by atoms with Crippen molar-refractivity contribution >= 4 is 28.2 Å². The van der Waals surface area contributed by atoms with Gasteiger partial charge in [0.2, 0.25) is 0 Å². The second-order valence-electron chi connectivity index (χ2n) is 7.38. The van der Waals surface area contributed by atoms with Crippen LogP contribution in [0, 0.1) is 0 Å². The molecule has 1 aliphatic rings. The Balaban J connectivity index is 1.57. The van der Waals surface area contributed by atoms with E-state index in [0.29, 0.717) is 16.1 Å². The maximum absolute atomic E-state index is 13.1. The molecule has 0 aliphatic heterocycles. The standard InChI is InChI=1S/C24H24N2O2S/c25-22(27)21-19-12-6-7-13-20(19)29-24(21)26-23(28)18-11-5-4-10-17(18)15-14-16-8-2-1-3-9-16/h1-5,8-11H,6-7,12-15H2,(H2,25,27)(H,26,28). The van der Waals surface area contributed by atoms with Gasteiger partial charge in [-0.1, -0.05) is 48.5 Å². The lowest BCUT2D eigenvalue weighted by Crippen LogP contribution is -2.19. The van der Waals surface area contributed by atoms with Gasteiger partial charge in [0, 0.05) is 10.4 Å². The Bertz CT molecular complexity index is 1040. The number of fused-ring (bicyclic) bond motifs is 1. The number of carbonyl (C=O) groups is 2. The monoisotopic (exact) mass is 404 g/mol. The molecule has 2 amide bonds. The number of amides is 2. The van der Waals surface area contributed by atoms with E-state index in [0.717, 1.165) is 49.7 Å². The van der Waals surface area contributed by atoms with Gasteiger partial charge in [-0.2, -0.15) is 0 Å². The quantitative estimate of drug-likeness (QED) is 0.621. The molecule has 5 heteroatoms. The number of rotatable bonds is 6. The second-order valence-corrected chi connectivity index (χ2v) is 8.48. The van der Waals surface area contributed by atoms with Crippen LogP contribution in [0.1, 0.15) is 55.1 Å². The van der Waals surface area contributed by atoms with Crippen LogP contribution in [0.25, 0.3) is 0 Å². The van der Waals surface area contributed by atoms with Crippen LogP contribution >= 0.6 is 11.3 Å². The largest absolute Gasteiger partial charge is 0.365 e. The van der Waals surface area contributed by atoms with Gasteiger partial charge in [-0.3, -0.25) is 9.59 Å². The van der Waals surface area contributed by atoms with E-state index in [9.17, 15) is 9.59 Å². The first-order chi connectivity index (χ1) is 14.1. The number of carbonyl (C=O) groups excluding carboxylic acids is 2. The SMILES string of the molecule is NC(=O)c1c(NC(=O)c2ccccc2CCc2ccccc2)sc2c1CCCC2. The van der Waals surface area contributed by atoms with Crippen LogP contribution in [0.5, 0.6) is 0 Å². The molecule has 1 aromatic heterocycles. The molecule has 2 aromatic carbocycles. The summed E-state index contributed by atoms with van der Waals surface area (Å²) < 4.78 is 0. The van der Waals surface area contributed by atoms with Gasteiger partial charge in [0.25, 0.3) is 11.8 Å². The first-order valence-corrected chi connectivity index (χ1v) is 10.8. The van der Waals surface area contributed by atoms with Crippen LogP contribution in [-0.4, -0.2) is 11.8 Å². The topological polar surface area (TPSA) is 72.2 Å². The van der Waals surface area contributed by atoms with Gasteiger partial charge in [0.05, 0.1) is 5.56 Å². The van der Waals surface area contributed by atoms with Crippen molar-refractivity contribution in [3.05, 3.63) is 87.3 Å². The molecule has 0 unspecified atom stereocenters. The van der Waals surface area contributed by atoms with Crippen molar-refractivity contribution in [3.8, 4) is 0 Å². The Hall–Kier alpha value is -2.92. The number of nitrogens with two attached hydrogens (primary N) is 1. The van der Waals surface area contributed by atoms with E-state index in [1.54, 1.807) is 0 Å². The molecule has 0 saturated heterocycles. The van der Waals surface area contributed by atoms with Crippen molar-refractivity contribution in [2.75, 3.05) is 5.32 Å².